The largest absolute Gasteiger partial charge is 0.460 e. The first-order valence-electron chi connectivity index (χ1n) is 24.6. The van der Waals surface area contributed by atoms with Crippen LogP contribution in [0.4, 0.5) is 0 Å². The number of ether oxygens (including phenoxy) is 15. The molecule has 0 spiro atoms. The van der Waals surface area contributed by atoms with E-state index in [1.165, 1.54) is 23.8 Å². The molecule has 4 amide bonds. The second-order valence-electron chi connectivity index (χ2n) is 15.1. The zero-order valence-electron chi connectivity index (χ0n) is 42.4. The summed E-state index contributed by atoms with van der Waals surface area (Å²) in [6.45, 7) is 12.2. The van der Waals surface area contributed by atoms with Crippen LogP contribution in [0.5, 0.6) is 0 Å². The Morgan fingerprint density at radius 3 is 1.44 bits per heavy atom. The van der Waals surface area contributed by atoms with Gasteiger partial charge in [0.1, 0.15) is 6.61 Å². The Morgan fingerprint density at radius 1 is 0.620 bits per heavy atom. The van der Waals surface area contributed by atoms with Gasteiger partial charge in [-0.15, -0.1) is 11.8 Å². The number of methoxy groups -OCH3 is 1. The average molecular weight is 1050 g/mol. The zero-order chi connectivity index (χ0) is 51.7. The molecule has 0 saturated carbocycles. The van der Waals surface area contributed by atoms with E-state index in [0.717, 1.165) is 0 Å². The summed E-state index contributed by atoms with van der Waals surface area (Å²) >= 11 is 1.32. The Morgan fingerprint density at radius 2 is 1.04 bits per heavy atom. The number of aliphatic hydroxyl groups is 1. The molecule has 3 atom stereocenters. The van der Waals surface area contributed by atoms with E-state index >= 15 is 0 Å². The van der Waals surface area contributed by atoms with Crippen molar-refractivity contribution in [1.29, 1.82) is 0 Å². The van der Waals surface area contributed by atoms with Crippen LogP contribution >= 0.6 is 11.8 Å². The van der Waals surface area contributed by atoms with Gasteiger partial charge in [0.15, 0.2) is 6.29 Å². The summed E-state index contributed by atoms with van der Waals surface area (Å²) in [5.41, 5.74) is 0. The Labute approximate surface area is 423 Å². The third-order valence-corrected chi connectivity index (χ3v) is 10.9. The highest BCUT2D eigenvalue weighted by Gasteiger charge is 2.38. The first-order chi connectivity index (χ1) is 34.7. The summed E-state index contributed by atoms with van der Waals surface area (Å²) in [5, 5.41) is 14.0. The van der Waals surface area contributed by atoms with Gasteiger partial charge in [-0.3, -0.25) is 28.9 Å². The molecule has 3 N–H and O–H groups in total. The summed E-state index contributed by atoms with van der Waals surface area (Å²) in [6.07, 6.45) is 0.283. The number of imide groups is 1. The van der Waals surface area contributed by atoms with Crippen molar-refractivity contribution in [2.24, 2.45) is 0 Å². The topological polar surface area (TPSA) is 271 Å². The van der Waals surface area contributed by atoms with E-state index in [1.54, 1.807) is 7.05 Å². The lowest BCUT2D eigenvalue weighted by atomic mass is 10.2. The van der Waals surface area contributed by atoms with Crippen LogP contribution in [-0.2, 0) is 95.0 Å². The van der Waals surface area contributed by atoms with E-state index in [0.29, 0.717) is 184 Å². The van der Waals surface area contributed by atoms with Gasteiger partial charge >= 0.3 is 5.97 Å². The average Bonchev–Trinajstić information content (AvgIpc) is 3.64. The number of rotatable bonds is 54. The second kappa shape index (κ2) is 49.5. The molecule has 1 aliphatic rings. The van der Waals surface area contributed by atoms with Crippen LogP contribution in [0.2, 0.25) is 0 Å². The van der Waals surface area contributed by atoms with Crippen molar-refractivity contribution in [2.45, 2.75) is 63.1 Å². The fourth-order valence-corrected chi connectivity index (χ4v) is 6.77. The van der Waals surface area contributed by atoms with Gasteiger partial charge in [-0.25, -0.2) is 0 Å². The molecule has 24 nitrogen and oxygen atoms in total. The Balaban J connectivity index is 1.80. The highest BCUT2D eigenvalue weighted by atomic mass is 32.2. The summed E-state index contributed by atoms with van der Waals surface area (Å²) < 4.78 is 81.4. The lowest BCUT2D eigenvalue weighted by molar-refractivity contribution is -0.194. The Bertz CT molecular complexity index is 1310. The van der Waals surface area contributed by atoms with E-state index in [4.69, 9.17) is 71.1 Å². The molecule has 0 aromatic heterocycles. The number of amides is 4. The molecule has 0 aromatic rings. The van der Waals surface area contributed by atoms with Gasteiger partial charge in [0.2, 0.25) is 23.6 Å². The molecule has 71 heavy (non-hydrogen) atoms. The van der Waals surface area contributed by atoms with Gasteiger partial charge in [0, 0.05) is 52.1 Å². The first-order valence-corrected chi connectivity index (χ1v) is 25.6. The van der Waals surface area contributed by atoms with Crippen molar-refractivity contribution in [3.63, 3.8) is 0 Å². The minimum atomic E-state index is -0.791. The van der Waals surface area contributed by atoms with Crippen LogP contribution in [0.15, 0.2) is 0 Å². The van der Waals surface area contributed by atoms with Crippen molar-refractivity contribution in [1.82, 2.24) is 15.5 Å². The molecule has 1 aliphatic heterocycles. The molecule has 25 heteroatoms. The van der Waals surface area contributed by atoms with E-state index in [1.807, 2.05) is 6.92 Å². The number of nitrogens with one attached hydrogen (secondary N) is 2. The fourth-order valence-electron chi connectivity index (χ4n) is 5.74. The van der Waals surface area contributed by atoms with Crippen LogP contribution in [0, 0.1) is 0 Å². The standard InChI is InChI=1S/C46H85N3O21S/c1-4-39(37-50)70-45(56-3)38-69-44(54)7-5-6-42(52)48-9-35-71-40-36-43(53)49(46(40)55)10-12-58-14-16-60-18-20-62-22-24-64-26-28-66-30-32-68-34-33-67-31-29-65-27-25-63-23-21-61-19-17-59-15-13-57-11-8-41(51)47-2/h39-40,45,50H,4-38H2,1-3H3,(H,47,51)(H,48,52). The van der Waals surface area contributed by atoms with Crippen LogP contribution < -0.4 is 10.6 Å². The predicted octanol–water partition coefficient (Wildman–Crippen LogP) is -0.228. The molecule has 0 aromatic carbocycles. The molecule has 0 radical (unpaired) electrons. The van der Waals surface area contributed by atoms with Crippen molar-refractivity contribution in [2.75, 3.05) is 205 Å². The van der Waals surface area contributed by atoms with Gasteiger partial charge in [0.05, 0.1) is 183 Å². The molecular weight excluding hydrogens is 963 g/mol. The van der Waals surface area contributed by atoms with E-state index in [-0.39, 0.29) is 69.3 Å². The number of hydrogen-bond donors (Lipinski definition) is 3. The van der Waals surface area contributed by atoms with Crippen molar-refractivity contribution in [3.05, 3.63) is 0 Å². The molecule has 3 unspecified atom stereocenters. The van der Waals surface area contributed by atoms with Crippen LogP contribution in [0.1, 0.15) is 45.4 Å². The maximum absolute atomic E-state index is 12.8. The van der Waals surface area contributed by atoms with Gasteiger partial charge in [-0.1, -0.05) is 6.92 Å². The normalized spacial score (nSPS) is 14.6. The van der Waals surface area contributed by atoms with E-state index < -0.39 is 23.6 Å². The monoisotopic (exact) mass is 1050 g/mol. The SMILES string of the molecule is CCC(CO)OC(COC(=O)CCCC(=O)NCCSC1CC(=O)N(CCOCCOCCOCCOCCOCCOCCOCCOCCOCCOCCOCCOCCC(=O)NC)C1=O)OC. The fraction of sp³-hybridized carbons (Fsp3) is 0.891. The Hall–Kier alpha value is -2.70. The maximum Gasteiger partial charge on any atom is 0.305 e. The molecular formula is C46H85N3O21S. The number of carbonyl (C=O) groups is 5. The number of thioether (sulfide) groups is 1. The molecule has 1 fully saturated rings. The summed E-state index contributed by atoms with van der Waals surface area (Å²) in [7, 11) is 3.01. The van der Waals surface area contributed by atoms with E-state index in [2.05, 4.69) is 10.6 Å². The zero-order valence-corrected chi connectivity index (χ0v) is 43.3. The highest BCUT2D eigenvalue weighted by Crippen LogP contribution is 2.24. The smallest absolute Gasteiger partial charge is 0.305 e. The molecule has 1 rings (SSSR count). The minimum absolute atomic E-state index is 0.0455. The molecule has 416 valence electrons. The first kappa shape index (κ1) is 66.3. The lowest BCUT2D eigenvalue weighted by Crippen LogP contribution is -2.34. The number of nitrogens with zero attached hydrogens (tertiary/aromatic N) is 1. The van der Waals surface area contributed by atoms with Crippen molar-refractivity contribution >= 4 is 41.4 Å². The van der Waals surface area contributed by atoms with Gasteiger partial charge in [-0.2, -0.15) is 0 Å². The number of carbonyl (C=O) groups excluding carboxylic acids is 5. The van der Waals surface area contributed by atoms with Crippen LogP contribution in [-0.4, -0.2) is 262 Å². The van der Waals surface area contributed by atoms with Gasteiger partial charge < -0.3 is 86.8 Å². The molecule has 0 aliphatic carbocycles. The van der Waals surface area contributed by atoms with E-state index in [9.17, 15) is 29.1 Å². The maximum atomic E-state index is 12.8. The third kappa shape index (κ3) is 40.4. The predicted molar refractivity (Wildman–Crippen MR) is 257 cm³/mol. The molecule has 1 heterocycles. The minimum Gasteiger partial charge on any atom is -0.460 e. The third-order valence-electron chi connectivity index (χ3n) is 9.68. The van der Waals surface area contributed by atoms with Crippen LogP contribution in [0.3, 0.4) is 0 Å². The van der Waals surface area contributed by atoms with Crippen LogP contribution in [0.25, 0.3) is 0 Å². The summed E-state index contributed by atoms with van der Waals surface area (Å²) in [4.78, 5) is 61.7. The quantitative estimate of drug-likeness (QED) is 0.0307. The second-order valence-corrected chi connectivity index (χ2v) is 16.4. The summed E-state index contributed by atoms with van der Waals surface area (Å²) in [6, 6.07) is 0. The lowest BCUT2D eigenvalue weighted by Gasteiger charge is -2.21. The number of likely N-dealkylation sites (tertiary alicyclic amines) is 1. The number of hydrogen-bond acceptors (Lipinski definition) is 22. The molecule has 1 saturated heterocycles. The van der Waals surface area contributed by atoms with Gasteiger partial charge in [-0.05, 0) is 12.8 Å². The van der Waals surface area contributed by atoms with Crippen molar-refractivity contribution in [3.8, 4) is 0 Å². The number of esters is 1. The molecule has 0 bridgehead atoms. The highest BCUT2D eigenvalue weighted by molar-refractivity contribution is 8.00. The number of aliphatic hydroxyl groups excluding tert-OH is 1. The van der Waals surface area contributed by atoms with Crippen molar-refractivity contribution < 1.29 is 100 Å². The summed E-state index contributed by atoms with van der Waals surface area (Å²) in [5.74, 6) is -0.839. The Kier molecular flexibility index (Phi) is 46.2. The van der Waals surface area contributed by atoms with Gasteiger partial charge in [0.25, 0.3) is 0 Å².